The number of ether oxygens (including phenoxy) is 2. The van der Waals surface area contributed by atoms with Gasteiger partial charge >= 0.3 is 5.91 Å². The summed E-state index contributed by atoms with van der Waals surface area (Å²) in [5.74, 6) is -0.900. The molecule has 0 radical (unpaired) electrons. The van der Waals surface area contributed by atoms with Crippen LogP contribution >= 0.6 is 34.5 Å². The van der Waals surface area contributed by atoms with Crippen molar-refractivity contribution in [1.29, 1.82) is 0 Å². The lowest BCUT2D eigenvalue weighted by atomic mass is 9.95. The van der Waals surface area contributed by atoms with Crippen LogP contribution in [0.4, 0.5) is 5.13 Å². The molecule has 1 unspecified atom stereocenters. The number of carbonyl (C=O) groups excluding carboxylic acids is 2. The van der Waals surface area contributed by atoms with Gasteiger partial charge in [0.05, 0.1) is 35.0 Å². The fourth-order valence-electron chi connectivity index (χ4n) is 4.51. The topological polar surface area (TPSA) is 89.0 Å². The molecule has 0 saturated carbocycles. The number of ketones is 1. The van der Waals surface area contributed by atoms with Crippen LogP contribution < -0.4 is 14.4 Å². The van der Waals surface area contributed by atoms with Crippen LogP contribution in [0.25, 0.3) is 16.0 Å². The van der Waals surface area contributed by atoms with Crippen molar-refractivity contribution in [2.45, 2.75) is 32.7 Å². The van der Waals surface area contributed by atoms with Gasteiger partial charge in [0.1, 0.15) is 5.76 Å². The Morgan fingerprint density at radius 1 is 0.975 bits per heavy atom. The fourth-order valence-corrected chi connectivity index (χ4v) is 5.90. The summed E-state index contributed by atoms with van der Waals surface area (Å²) < 4.78 is 12.6. The average molecular weight is 598 g/mol. The third kappa shape index (κ3) is 5.39. The Hall–Kier alpha value is -3.59. The number of amides is 1. The number of unbranched alkanes of at least 4 members (excludes halogenated alkanes) is 1. The Kier molecular flexibility index (Phi) is 8.30. The zero-order valence-corrected chi connectivity index (χ0v) is 24.1. The number of fused-ring (bicyclic) bond motifs is 1. The smallest absolute Gasteiger partial charge is 0.301 e. The van der Waals surface area contributed by atoms with Gasteiger partial charge in [-0.3, -0.25) is 14.5 Å². The standard InChI is InChI=1S/C30H26Cl2N2O5S/c1-3-5-14-39-22-13-8-18(15-23(22)38-4-2)26-25(27(35)17-6-9-19(31)10-7-17)28(36)29(37)34(26)30-33-21-12-11-20(32)16-24(21)40-30/h6-13,15-16,26,35H,3-5,14H2,1-2H3. The minimum atomic E-state index is -0.976. The van der Waals surface area contributed by atoms with Gasteiger partial charge in [-0.2, -0.15) is 0 Å². The van der Waals surface area contributed by atoms with Crippen molar-refractivity contribution in [3.8, 4) is 11.5 Å². The fraction of sp³-hybridized carbons (Fsp3) is 0.233. The zero-order chi connectivity index (χ0) is 28.4. The van der Waals surface area contributed by atoms with Gasteiger partial charge in [0.25, 0.3) is 5.78 Å². The van der Waals surface area contributed by atoms with Crippen LogP contribution in [-0.2, 0) is 9.59 Å². The average Bonchev–Trinajstić information content (AvgIpc) is 3.47. The second kappa shape index (κ2) is 11.9. The molecule has 1 N–H and O–H groups in total. The number of hydrogen-bond acceptors (Lipinski definition) is 7. The van der Waals surface area contributed by atoms with Gasteiger partial charge in [0.2, 0.25) is 0 Å². The summed E-state index contributed by atoms with van der Waals surface area (Å²) in [5.41, 5.74) is 1.48. The van der Waals surface area contributed by atoms with Gasteiger partial charge in [0.15, 0.2) is 16.6 Å². The van der Waals surface area contributed by atoms with E-state index < -0.39 is 17.7 Å². The number of rotatable bonds is 9. The van der Waals surface area contributed by atoms with Gasteiger partial charge in [-0.1, -0.05) is 53.9 Å². The van der Waals surface area contributed by atoms with Crippen molar-refractivity contribution < 1.29 is 24.2 Å². The summed E-state index contributed by atoms with van der Waals surface area (Å²) in [6.07, 6.45) is 1.87. The Labute approximate surface area is 245 Å². The van der Waals surface area contributed by atoms with Crippen LogP contribution in [0.1, 0.15) is 43.9 Å². The predicted molar refractivity (Wildman–Crippen MR) is 159 cm³/mol. The summed E-state index contributed by atoms with van der Waals surface area (Å²) in [7, 11) is 0. The number of aliphatic hydroxyl groups excluding tert-OH is 1. The van der Waals surface area contributed by atoms with E-state index in [-0.39, 0.29) is 11.3 Å². The number of aromatic nitrogens is 1. The first-order chi connectivity index (χ1) is 19.3. The number of benzene rings is 3. The Bertz CT molecular complexity index is 1620. The molecular formula is C30H26Cl2N2O5S. The molecule has 3 aromatic carbocycles. The molecule has 1 saturated heterocycles. The van der Waals surface area contributed by atoms with Crippen molar-refractivity contribution in [3.63, 3.8) is 0 Å². The van der Waals surface area contributed by atoms with Crippen molar-refractivity contribution in [2.24, 2.45) is 0 Å². The second-order valence-electron chi connectivity index (χ2n) is 9.13. The van der Waals surface area contributed by atoms with Crippen LogP contribution in [0.2, 0.25) is 10.0 Å². The van der Waals surface area contributed by atoms with E-state index in [1.165, 1.54) is 16.2 Å². The molecule has 4 aromatic rings. The van der Waals surface area contributed by atoms with Crippen molar-refractivity contribution >= 4 is 67.3 Å². The highest BCUT2D eigenvalue weighted by Gasteiger charge is 2.48. The first kappa shape index (κ1) is 28.0. The third-order valence-corrected chi connectivity index (χ3v) is 7.95. The first-order valence-electron chi connectivity index (χ1n) is 12.8. The van der Waals surface area contributed by atoms with Gasteiger partial charge in [0, 0.05) is 15.6 Å². The summed E-state index contributed by atoms with van der Waals surface area (Å²) in [6, 6.07) is 15.9. The van der Waals surface area contributed by atoms with E-state index in [4.69, 9.17) is 32.7 Å². The molecule has 1 atom stereocenters. The molecule has 1 aromatic heterocycles. The number of hydrogen-bond donors (Lipinski definition) is 1. The normalized spacial score (nSPS) is 16.6. The minimum absolute atomic E-state index is 0.0632. The third-order valence-electron chi connectivity index (χ3n) is 6.45. The highest BCUT2D eigenvalue weighted by Crippen LogP contribution is 2.46. The Balaban J connectivity index is 1.69. The van der Waals surface area contributed by atoms with Gasteiger partial charge in [-0.25, -0.2) is 4.98 Å². The molecule has 1 fully saturated rings. The van der Waals surface area contributed by atoms with Crippen molar-refractivity contribution in [2.75, 3.05) is 18.1 Å². The molecule has 0 spiro atoms. The monoisotopic (exact) mass is 596 g/mol. The molecule has 7 nitrogen and oxygen atoms in total. The molecule has 1 amide bonds. The lowest BCUT2D eigenvalue weighted by Crippen LogP contribution is -2.29. The van der Waals surface area contributed by atoms with Gasteiger partial charge in [-0.05, 0) is 73.5 Å². The Morgan fingerprint density at radius 3 is 2.45 bits per heavy atom. The summed E-state index contributed by atoms with van der Waals surface area (Å²) in [5, 5.41) is 12.7. The molecule has 0 aliphatic carbocycles. The number of carbonyl (C=O) groups is 2. The van der Waals surface area contributed by atoms with Crippen LogP contribution in [0.5, 0.6) is 11.5 Å². The molecular weight excluding hydrogens is 571 g/mol. The molecule has 1 aliphatic rings. The number of thiazole rings is 1. The van der Waals surface area contributed by atoms with E-state index in [1.807, 2.05) is 6.92 Å². The number of aliphatic hydroxyl groups is 1. The first-order valence-corrected chi connectivity index (χ1v) is 14.4. The zero-order valence-electron chi connectivity index (χ0n) is 21.8. The largest absolute Gasteiger partial charge is 0.507 e. The van der Waals surface area contributed by atoms with Crippen LogP contribution in [-0.4, -0.2) is 35.0 Å². The van der Waals surface area contributed by atoms with Crippen LogP contribution in [0.3, 0.4) is 0 Å². The number of anilines is 1. The summed E-state index contributed by atoms with van der Waals surface area (Å²) >= 11 is 13.5. The minimum Gasteiger partial charge on any atom is -0.507 e. The lowest BCUT2D eigenvalue weighted by molar-refractivity contribution is -0.132. The highest BCUT2D eigenvalue weighted by molar-refractivity contribution is 7.22. The van der Waals surface area contributed by atoms with Crippen molar-refractivity contribution in [3.05, 3.63) is 87.4 Å². The summed E-state index contributed by atoms with van der Waals surface area (Å²) in [6.45, 7) is 4.85. The molecule has 10 heteroatoms. The van der Waals surface area contributed by atoms with Gasteiger partial charge < -0.3 is 14.6 Å². The van der Waals surface area contributed by atoms with E-state index in [2.05, 4.69) is 11.9 Å². The molecule has 40 heavy (non-hydrogen) atoms. The van der Waals surface area contributed by atoms with Crippen LogP contribution in [0.15, 0.2) is 66.2 Å². The van der Waals surface area contributed by atoms with Gasteiger partial charge in [-0.15, -0.1) is 0 Å². The van der Waals surface area contributed by atoms with E-state index in [0.29, 0.717) is 56.5 Å². The maximum Gasteiger partial charge on any atom is 0.301 e. The van der Waals surface area contributed by atoms with Crippen molar-refractivity contribution in [1.82, 2.24) is 4.98 Å². The number of Topliss-reactive ketones (excluding diaryl/α,β-unsaturated/α-hetero) is 1. The summed E-state index contributed by atoms with van der Waals surface area (Å²) in [4.78, 5) is 33.1. The lowest BCUT2D eigenvalue weighted by Gasteiger charge is -2.24. The van der Waals surface area contributed by atoms with Crippen LogP contribution in [0, 0.1) is 0 Å². The predicted octanol–water partition coefficient (Wildman–Crippen LogP) is 7.81. The highest BCUT2D eigenvalue weighted by atomic mass is 35.5. The maximum atomic E-state index is 13.6. The molecule has 0 bridgehead atoms. The SMILES string of the molecule is CCCCOc1ccc(C2C(=C(O)c3ccc(Cl)cc3)C(=O)C(=O)N2c2nc3ccc(Cl)cc3s2)cc1OCC. The van der Waals surface area contributed by atoms with E-state index in [1.54, 1.807) is 60.7 Å². The van der Waals surface area contributed by atoms with E-state index in [0.717, 1.165) is 17.5 Å². The number of nitrogens with zero attached hydrogens (tertiary/aromatic N) is 2. The Morgan fingerprint density at radius 2 is 1.73 bits per heavy atom. The second-order valence-corrected chi connectivity index (χ2v) is 11.0. The molecule has 206 valence electrons. The van der Waals surface area contributed by atoms with E-state index >= 15 is 0 Å². The maximum absolute atomic E-state index is 13.6. The molecule has 5 rings (SSSR count). The van der Waals surface area contributed by atoms with E-state index in [9.17, 15) is 14.7 Å². The molecule has 1 aliphatic heterocycles. The quantitative estimate of drug-likeness (QED) is 0.0917. The number of halogens is 2. The molecule has 2 heterocycles.